The molecule has 0 saturated heterocycles. The van der Waals surface area contributed by atoms with E-state index < -0.39 is 0 Å². The number of carbonyl (C=O) groups is 5. The highest BCUT2D eigenvalue weighted by molar-refractivity contribution is 6.28. The molecule has 0 unspecified atom stereocenters. The second-order valence-electron chi connectivity index (χ2n) is 14.4. The first-order valence-electron chi connectivity index (χ1n) is 13.5. The number of rotatable bonds is 4. The van der Waals surface area contributed by atoms with E-state index in [0.717, 1.165) is 0 Å². The zero-order valence-corrected chi connectivity index (χ0v) is 29.5. The minimum Gasteiger partial charge on any atom is -0.309 e. The number of carbonyl (C=O) groups excluding carboxylic acids is 5. The van der Waals surface area contributed by atoms with Crippen molar-refractivity contribution in [2.75, 3.05) is 12.4 Å². The summed E-state index contributed by atoms with van der Waals surface area (Å²) < 4.78 is 0. The SMILES string of the molecule is C=CC(=O)C(C)(C)C.CC(=O)C(C)(C)C.CC(C)(C)C(=O)CCl.CCC(=O)C(C)(C)C.[C-]#[N+]CC(=O)C(C)(C)C. The molecule has 0 spiro atoms. The Morgan fingerprint density at radius 1 is 0.650 bits per heavy atom. The Morgan fingerprint density at radius 2 is 0.950 bits per heavy atom. The minimum absolute atomic E-state index is 0.0116. The zero-order valence-electron chi connectivity index (χ0n) is 28.8. The Labute approximate surface area is 251 Å². The quantitative estimate of drug-likeness (QED) is 0.187. The van der Waals surface area contributed by atoms with Gasteiger partial charge in [0, 0.05) is 33.5 Å². The van der Waals surface area contributed by atoms with Crippen LogP contribution in [0.5, 0.6) is 0 Å². The standard InChI is InChI=1S/C7H11NO.C7H14O.C7H12O.C6H11ClO.C6H12O/c1-7(2,3)6(9)5-8-4;2*1-5-6(8)7(2,3)4;1-6(2,3)5(8)4-7;1-5(7)6(2,3)4/h5H2,1-3H3;5H2,1-4H3;5H,1H2,2-4H3;4H2,1-3H3;1-4H3. The summed E-state index contributed by atoms with van der Waals surface area (Å²) in [5, 5.41) is 0. The highest BCUT2D eigenvalue weighted by Gasteiger charge is 2.23. The molecule has 0 N–H and O–H groups in total. The molecule has 6 nitrogen and oxygen atoms in total. The predicted octanol–water partition coefficient (Wildman–Crippen LogP) is 8.78. The lowest BCUT2D eigenvalue weighted by Crippen LogP contribution is -2.21. The van der Waals surface area contributed by atoms with Crippen LogP contribution < -0.4 is 0 Å². The third-order valence-electron chi connectivity index (χ3n) is 5.16. The number of alkyl halides is 1. The average molecular weight is 586 g/mol. The van der Waals surface area contributed by atoms with Crippen LogP contribution >= 0.6 is 11.6 Å². The summed E-state index contributed by atoms with van der Waals surface area (Å²) in [4.78, 5) is 56.6. The maximum absolute atomic E-state index is 10.9. The van der Waals surface area contributed by atoms with Gasteiger partial charge in [0.05, 0.1) is 5.88 Å². The fraction of sp³-hybridized carbons (Fsp3) is 0.758. The third kappa shape index (κ3) is 32.1. The molecule has 0 aliphatic heterocycles. The van der Waals surface area contributed by atoms with Gasteiger partial charge in [-0.1, -0.05) is 117 Å². The van der Waals surface area contributed by atoms with Gasteiger partial charge in [-0.05, 0) is 13.0 Å². The van der Waals surface area contributed by atoms with Crippen molar-refractivity contribution < 1.29 is 24.0 Å². The second-order valence-corrected chi connectivity index (χ2v) is 14.7. The average Bonchev–Trinajstić information content (AvgIpc) is 2.76. The van der Waals surface area contributed by atoms with Gasteiger partial charge in [-0.15, -0.1) is 11.6 Å². The summed E-state index contributed by atoms with van der Waals surface area (Å²) in [6.45, 7) is 41.5. The van der Waals surface area contributed by atoms with Crippen LogP contribution in [0.4, 0.5) is 0 Å². The van der Waals surface area contributed by atoms with Crippen molar-refractivity contribution in [3.8, 4) is 0 Å². The fourth-order valence-electron chi connectivity index (χ4n) is 1.35. The fourth-order valence-corrected chi connectivity index (χ4v) is 1.75. The van der Waals surface area contributed by atoms with Crippen LogP contribution in [0.25, 0.3) is 4.85 Å². The molecular weight excluding hydrogens is 526 g/mol. The van der Waals surface area contributed by atoms with E-state index in [1.807, 2.05) is 111 Å². The third-order valence-corrected chi connectivity index (χ3v) is 5.40. The molecule has 0 aliphatic rings. The summed E-state index contributed by atoms with van der Waals surface area (Å²) in [5.74, 6) is 0.905. The lowest BCUT2D eigenvalue weighted by molar-refractivity contribution is -0.126. The van der Waals surface area contributed by atoms with E-state index in [-0.39, 0.29) is 62.6 Å². The number of ketones is 5. The summed E-state index contributed by atoms with van der Waals surface area (Å²) in [6.07, 6.45) is 2.02. The highest BCUT2D eigenvalue weighted by Crippen LogP contribution is 2.16. The monoisotopic (exact) mass is 585 g/mol. The van der Waals surface area contributed by atoms with Crippen LogP contribution in [0.2, 0.25) is 0 Å². The van der Waals surface area contributed by atoms with Gasteiger partial charge in [0.1, 0.15) is 11.6 Å². The van der Waals surface area contributed by atoms with Gasteiger partial charge < -0.3 is 4.85 Å². The van der Waals surface area contributed by atoms with Gasteiger partial charge in [0.2, 0.25) is 5.78 Å². The lowest BCUT2D eigenvalue weighted by atomic mass is 9.90. The normalized spacial score (nSPS) is 11.1. The van der Waals surface area contributed by atoms with Crippen molar-refractivity contribution >= 4 is 40.5 Å². The first-order valence-corrected chi connectivity index (χ1v) is 14.1. The molecule has 0 aromatic rings. The van der Waals surface area contributed by atoms with E-state index >= 15 is 0 Å². The van der Waals surface area contributed by atoms with Crippen molar-refractivity contribution in [2.24, 2.45) is 27.1 Å². The lowest BCUT2D eigenvalue weighted by Gasteiger charge is -2.13. The van der Waals surface area contributed by atoms with Gasteiger partial charge in [-0.25, -0.2) is 6.57 Å². The summed E-state index contributed by atoms with van der Waals surface area (Å²) in [6, 6.07) is 0. The van der Waals surface area contributed by atoms with Crippen LogP contribution in [-0.2, 0) is 24.0 Å². The van der Waals surface area contributed by atoms with Gasteiger partial charge in [-0.2, -0.15) is 0 Å². The van der Waals surface area contributed by atoms with E-state index in [1.165, 1.54) is 6.08 Å². The van der Waals surface area contributed by atoms with Crippen molar-refractivity contribution in [3.05, 3.63) is 24.1 Å². The number of hydrogen-bond acceptors (Lipinski definition) is 5. The minimum atomic E-state index is -0.343. The van der Waals surface area contributed by atoms with E-state index in [1.54, 1.807) is 6.92 Å². The van der Waals surface area contributed by atoms with E-state index in [2.05, 4.69) is 11.4 Å². The molecule has 0 radical (unpaired) electrons. The smallest absolute Gasteiger partial charge is 0.272 e. The highest BCUT2D eigenvalue weighted by atomic mass is 35.5. The molecule has 0 fully saturated rings. The Balaban J connectivity index is -0.000000128. The molecule has 0 aromatic carbocycles. The summed E-state index contributed by atoms with van der Waals surface area (Å²) in [7, 11) is 0. The molecular formula is C33H60ClNO5. The van der Waals surface area contributed by atoms with Gasteiger partial charge >= 0.3 is 0 Å². The Hall–Kier alpha value is -2.13. The molecule has 0 bridgehead atoms. The van der Waals surface area contributed by atoms with Crippen molar-refractivity contribution in [1.29, 1.82) is 0 Å². The van der Waals surface area contributed by atoms with Crippen molar-refractivity contribution in [1.82, 2.24) is 0 Å². The van der Waals surface area contributed by atoms with Gasteiger partial charge in [-0.3, -0.25) is 24.0 Å². The number of halogens is 1. The molecule has 0 atom stereocenters. The molecule has 0 aliphatic carbocycles. The van der Waals surface area contributed by atoms with Gasteiger partial charge in [0.15, 0.2) is 11.6 Å². The zero-order chi connectivity index (χ0) is 33.9. The largest absolute Gasteiger partial charge is 0.309 e. The first kappa shape index (κ1) is 47.6. The Kier molecular flexibility index (Phi) is 24.7. The van der Waals surface area contributed by atoms with Crippen LogP contribution in [0, 0.1) is 33.6 Å². The van der Waals surface area contributed by atoms with Crippen LogP contribution in [0.3, 0.4) is 0 Å². The molecule has 40 heavy (non-hydrogen) atoms. The number of hydrogen-bond donors (Lipinski definition) is 0. The summed E-state index contributed by atoms with van der Waals surface area (Å²) >= 11 is 5.29. The first-order chi connectivity index (χ1) is 17.4. The topological polar surface area (TPSA) is 89.7 Å². The predicted molar refractivity (Wildman–Crippen MR) is 171 cm³/mol. The van der Waals surface area contributed by atoms with Crippen molar-refractivity contribution in [3.63, 3.8) is 0 Å². The maximum Gasteiger partial charge on any atom is 0.272 e. The van der Waals surface area contributed by atoms with Crippen LogP contribution in [0.15, 0.2) is 12.7 Å². The molecule has 0 saturated carbocycles. The summed E-state index contributed by atoms with van der Waals surface area (Å²) in [5.41, 5.74) is -1.12. The van der Waals surface area contributed by atoms with E-state index in [4.69, 9.17) is 18.2 Å². The molecule has 0 heterocycles. The molecule has 0 rings (SSSR count). The maximum atomic E-state index is 10.9. The number of allylic oxidation sites excluding steroid dienone is 1. The molecule has 7 heteroatoms. The van der Waals surface area contributed by atoms with Crippen LogP contribution in [0.1, 0.15) is 124 Å². The number of Topliss-reactive ketones (excluding diaryl/α,β-unsaturated/α-hetero) is 4. The molecule has 0 aromatic heterocycles. The van der Waals surface area contributed by atoms with E-state index in [0.29, 0.717) is 12.2 Å². The molecule has 0 amide bonds. The van der Waals surface area contributed by atoms with E-state index in [9.17, 15) is 24.0 Å². The van der Waals surface area contributed by atoms with Crippen molar-refractivity contribution in [2.45, 2.75) is 124 Å². The van der Waals surface area contributed by atoms with Gasteiger partial charge in [0.25, 0.3) is 6.54 Å². The Bertz CT molecular complexity index is 818. The Morgan fingerprint density at radius 3 is 0.975 bits per heavy atom. The molecule has 234 valence electrons. The number of nitrogens with zero attached hydrogens (tertiary/aromatic N) is 1. The second kappa shape index (κ2) is 20.7. The van der Waals surface area contributed by atoms with Crippen LogP contribution in [-0.4, -0.2) is 41.3 Å².